The molecule has 1 aromatic heterocycles. The second-order valence-electron chi connectivity index (χ2n) is 15.7. The number of rotatable bonds is 6. The van der Waals surface area contributed by atoms with Crippen molar-refractivity contribution in [3.63, 3.8) is 0 Å². The third-order valence-corrected chi connectivity index (χ3v) is 9.55. The summed E-state index contributed by atoms with van der Waals surface area (Å²) in [5.74, 6) is -1.47. The highest BCUT2D eigenvalue weighted by molar-refractivity contribution is 6.02. The molecule has 286 valence electrons. The van der Waals surface area contributed by atoms with Crippen molar-refractivity contribution in [2.24, 2.45) is 10.8 Å². The Morgan fingerprint density at radius 2 is 1.44 bits per heavy atom. The van der Waals surface area contributed by atoms with Crippen LogP contribution in [0.15, 0.2) is 76.4 Å². The third-order valence-electron chi connectivity index (χ3n) is 9.55. The SMILES string of the molecule is CC(C)(C)C(=O)Oc1ccc2c(c1)Oc1cc(OC(=O)C(C)(C)C)ccc1C21OC(=O)c2cc(C(=O)N[C@H]3C[C@H](n4ccc(=O)[nH]c4=O)O[C@@H]3CO)ccc21. The van der Waals surface area contributed by atoms with Gasteiger partial charge in [0.15, 0.2) is 5.60 Å². The zero-order valence-electron chi connectivity index (χ0n) is 30.9. The Kier molecular flexibility index (Phi) is 9.05. The van der Waals surface area contributed by atoms with E-state index in [1.54, 1.807) is 71.9 Å². The molecular formula is C40H39N3O12. The van der Waals surface area contributed by atoms with Crippen LogP contribution in [0.3, 0.4) is 0 Å². The second-order valence-corrected chi connectivity index (χ2v) is 15.7. The fourth-order valence-corrected chi connectivity index (χ4v) is 6.61. The Labute approximate surface area is 314 Å². The number of hydrogen-bond donors (Lipinski definition) is 3. The lowest BCUT2D eigenvalue weighted by Gasteiger charge is -2.36. The molecule has 3 aromatic carbocycles. The summed E-state index contributed by atoms with van der Waals surface area (Å²) in [5.41, 5.74) is -3.03. The monoisotopic (exact) mass is 753 g/mol. The van der Waals surface area contributed by atoms with Gasteiger partial charge in [0.25, 0.3) is 11.5 Å². The Morgan fingerprint density at radius 3 is 1.98 bits per heavy atom. The standard InChI is InChI=1S/C40H39N3O12/c1-38(2,3)35(48)51-21-8-11-25-28(16-21)53-29-17-22(52-36(49)39(4,5)6)9-12-26(29)40(25)24-10-7-20(15-23(24)34(47)55-40)33(46)41-27-18-32(54-30(27)19-44)43-14-13-31(45)42-37(43)50/h7-17,27,30,32,44H,18-19H2,1-6H3,(H,41,46)(H,42,45,50)/t27-,30+,32+/m0/s1. The van der Waals surface area contributed by atoms with E-state index < -0.39 is 76.5 Å². The van der Waals surface area contributed by atoms with Gasteiger partial charge in [0, 0.05) is 53.1 Å². The second kappa shape index (κ2) is 13.4. The number of H-pyrrole nitrogens is 1. The molecule has 3 aliphatic heterocycles. The maximum atomic E-state index is 13.8. The lowest BCUT2D eigenvalue weighted by Crippen LogP contribution is -2.42. The number of fused-ring (bicyclic) bond motifs is 6. The molecule has 1 amide bonds. The maximum Gasteiger partial charge on any atom is 0.340 e. The van der Waals surface area contributed by atoms with Gasteiger partial charge >= 0.3 is 23.6 Å². The maximum absolute atomic E-state index is 13.8. The van der Waals surface area contributed by atoms with Crippen LogP contribution in [0, 0.1) is 10.8 Å². The first-order valence-corrected chi connectivity index (χ1v) is 17.6. The van der Waals surface area contributed by atoms with Crippen LogP contribution in [0.5, 0.6) is 23.0 Å². The normalized spacial score (nSPS) is 19.4. The molecule has 1 fully saturated rings. The number of esters is 3. The van der Waals surface area contributed by atoms with Gasteiger partial charge in [-0.3, -0.25) is 28.7 Å². The van der Waals surface area contributed by atoms with Gasteiger partial charge in [0.05, 0.1) is 29.0 Å². The van der Waals surface area contributed by atoms with Crippen molar-refractivity contribution in [1.82, 2.24) is 14.9 Å². The molecule has 55 heavy (non-hydrogen) atoms. The number of aliphatic hydroxyl groups excluding tert-OH is 1. The molecule has 4 heterocycles. The van der Waals surface area contributed by atoms with Gasteiger partial charge in [-0.05, 0) is 77.9 Å². The largest absolute Gasteiger partial charge is 0.456 e. The van der Waals surface area contributed by atoms with E-state index in [4.69, 9.17) is 23.7 Å². The average Bonchev–Trinajstić information content (AvgIpc) is 3.65. The van der Waals surface area contributed by atoms with E-state index in [1.807, 2.05) is 0 Å². The van der Waals surface area contributed by atoms with Crippen molar-refractivity contribution >= 4 is 23.8 Å². The molecule has 1 saturated heterocycles. The van der Waals surface area contributed by atoms with Gasteiger partial charge in [-0.15, -0.1) is 0 Å². The fraction of sp³-hybridized carbons (Fsp3) is 0.350. The lowest BCUT2D eigenvalue weighted by molar-refractivity contribution is -0.143. The zero-order chi connectivity index (χ0) is 39.6. The molecule has 15 nitrogen and oxygen atoms in total. The molecule has 0 bridgehead atoms. The van der Waals surface area contributed by atoms with Gasteiger partial charge in [-0.2, -0.15) is 0 Å². The van der Waals surface area contributed by atoms with E-state index in [1.165, 1.54) is 35.0 Å². The van der Waals surface area contributed by atoms with Crippen molar-refractivity contribution < 1.29 is 48.0 Å². The van der Waals surface area contributed by atoms with Gasteiger partial charge in [0.1, 0.15) is 35.3 Å². The number of nitrogens with zero attached hydrogens (tertiary/aromatic N) is 1. The van der Waals surface area contributed by atoms with Crippen molar-refractivity contribution in [3.8, 4) is 23.0 Å². The molecule has 0 aliphatic carbocycles. The highest BCUT2D eigenvalue weighted by atomic mass is 16.6. The summed E-state index contributed by atoms with van der Waals surface area (Å²) in [6, 6.07) is 14.4. The van der Waals surface area contributed by atoms with E-state index in [0.29, 0.717) is 16.7 Å². The number of benzene rings is 3. The zero-order valence-corrected chi connectivity index (χ0v) is 30.9. The molecule has 0 unspecified atom stereocenters. The number of aromatic nitrogens is 2. The summed E-state index contributed by atoms with van der Waals surface area (Å²) in [5, 5.41) is 12.8. The van der Waals surface area contributed by atoms with Crippen molar-refractivity contribution in [2.75, 3.05) is 6.61 Å². The molecule has 15 heteroatoms. The molecule has 0 radical (unpaired) electrons. The summed E-state index contributed by atoms with van der Waals surface area (Å²) < 4.78 is 30.9. The molecule has 4 aromatic rings. The number of aliphatic hydroxyl groups is 1. The van der Waals surface area contributed by atoms with Gasteiger partial charge in [-0.25, -0.2) is 9.59 Å². The highest BCUT2D eigenvalue weighted by Gasteiger charge is 2.54. The van der Waals surface area contributed by atoms with Crippen LogP contribution >= 0.6 is 0 Å². The van der Waals surface area contributed by atoms with Crippen LogP contribution in [-0.2, 0) is 24.7 Å². The molecule has 1 spiro atoms. The first kappa shape index (κ1) is 37.3. The predicted octanol–water partition coefficient (Wildman–Crippen LogP) is 4.09. The third kappa shape index (κ3) is 6.69. The Bertz CT molecular complexity index is 2300. The van der Waals surface area contributed by atoms with Crippen LogP contribution in [0.2, 0.25) is 0 Å². The minimum atomic E-state index is -1.58. The number of amides is 1. The minimum absolute atomic E-state index is 0.0944. The summed E-state index contributed by atoms with van der Waals surface area (Å²) in [6.07, 6.45) is -0.361. The quantitative estimate of drug-likeness (QED) is 0.188. The highest BCUT2D eigenvalue weighted by Crippen LogP contribution is 2.57. The Balaban J connectivity index is 1.24. The smallest absolute Gasteiger partial charge is 0.340 e. The van der Waals surface area contributed by atoms with E-state index in [2.05, 4.69) is 10.3 Å². The summed E-state index contributed by atoms with van der Waals surface area (Å²) >= 11 is 0. The van der Waals surface area contributed by atoms with E-state index in [0.717, 1.165) is 6.07 Å². The Morgan fingerprint density at radius 1 is 0.855 bits per heavy atom. The first-order valence-electron chi connectivity index (χ1n) is 17.6. The minimum Gasteiger partial charge on any atom is -0.456 e. The fourth-order valence-electron chi connectivity index (χ4n) is 6.61. The van der Waals surface area contributed by atoms with Gasteiger partial charge in [-0.1, -0.05) is 6.07 Å². The number of ether oxygens (including phenoxy) is 5. The number of nitrogens with one attached hydrogen (secondary N) is 2. The summed E-state index contributed by atoms with van der Waals surface area (Å²) in [7, 11) is 0. The van der Waals surface area contributed by atoms with E-state index in [9.17, 15) is 33.9 Å². The lowest BCUT2D eigenvalue weighted by atomic mass is 9.77. The van der Waals surface area contributed by atoms with Crippen molar-refractivity contribution in [3.05, 3.63) is 116 Å². The van der Waals surface area contributed by atoms with Gasteiger partial charge in [0.2, 0.25) is 0 Å². The number of carbonyl (C=O) groups excluding carboxylic acids is 4. The molecule has 3 aliphatic rings. The van der Waals surface area contributed by atoms with Crippen LogP contribution in [0.1, 0.15) is 91.6 Å². The van der Waals surface area contributed by atoms with Crippen LogP contribution in [0.4, 0.5) is 0 Å². The molecular weight excluding hydrogens is 714 g/mol. The molecule has 7 rings (SSSR count). The number of carbonyl (C=O) groups is 4. The van der Waals surface area contributed by atoms with E-state index >= 15 is 0 Å². The van der Waals surface area contributed by atoms with Crippen molar-refractivity contribution in [2.45, 2.75) is 71.9 Å². The summed E-state index contributed by atoms with van der Waals surface area (Å²) in [6.45, 7) is 9.87. The topological polar surface area (TPSA) is 202 Å². The first-order chi connectivity index (χ1) is 25.9. The summed E-state index contributed by atoms with van der Waals surface area (Å²) in [4.78, 5) is 79.1. The van der Waals surface area contributed by atoms with Crippen molar-refractivity contribution in [1.29, 1.82) is 0 Å². The average molecular weight is 754 g/mol. The van der Waals surface area contributed by atoms with Crippen LogP contribution < -0.4 is 30.8 Å². The number of aromatic amines is 1. The van der Waals surface area contributed by atoms with E-state index in [-0.39, 0.29) is 40.5 Å². The predicted molar refractivity (Wildman–Crippen MR) is 193 cm³/mol. The molecule has 0 saturated carbocycles. The Hall–Kier alpha value is -6.06. The van der Waals surface area contributed by atoms with Gasteiger partial charge < -0.3 is 34.1 Å². The molecule has 3 N–H and O–H groups in total. The van der Waals surface area contributed by atoms with Crippen LogP contribution in [0.25, 0.3) is 0 Å². The van der Waals surface area contributed by atoms with Crippen LogP contribution in [-0.4, -0.2) is 57.2 Å². The molecule has 3 atom stereocenters. The number of hydrogen-bond acceptors (Lipinski definition) is 12.